The van der Waals surface area contributed by atoms with Crippen LogP contribution in [0.15, 0.2) is 30.3 Å². The molecule has 4 nitrogen and oxygen atoms in total. The van der Waals surface area contributed by atoms with Crippen molar-refractivity contribution in [3.8, 4) is 0 Å². The molecule has 1 aromatic carbocycles. The smallest absolute Gasteiger partial charge is 0.254 e. The summed E-state index contributed by atoms with van der Waals surface area (Å²) in [5, 5.41) is 0.979. The minimum absolute atomic E-state index is 0.159. The predicted octanol–water partition coefficient (Wildman–Crippen LogP) is 3.13. The summed E-state index contributed by atoms with van der Waals surface area (Å²) in [5.74, 6) is 1.21. The van der Waals surface area contributed by atoms with Crippen LogP contribution in [0.25, 0.3) is 10.9 Å². The van der Waals surface area contributed by atoms with E-state index in [4.69, 9.17) is 4.98 Å². The number of rotatable bonds is 3. The number of amides is 1. The number of likely N-dealkylation sites (N-methyl/N-ethyl adjacent to an activating group) is 1. The lowest BCUT2D eigenvalue weighted by Crippen LogP contribution is -2.35. The van der Waals surface area contributed by atoms with Crippen molar-refractivity contribution in [2.45, 2.75) is 31.7 Å². The van der Waals surface area contributed by atoms with E-state index in [1.807, 2.05) is 29.2 Å². The van der Waals surface area contributed by atoms with Gasteiger partial charge in [0.25, 0.3) is 5.91 Å². The number of nitrogens with zero attached hydrogens (tertiary/aromatic N) is 3. The van der Waals surface area contributed by atoms with Crippen LogP contribution in [-0.4, -0.2) is 53.9 Å². The van der Waals surface area contributed by atoms with Gasteiger partial charge < -0.3 is 9.80 Å². The van der Waals surface area contributed by atoms with Crippen molar-refractivity contribution in [2.24, 2.45) is 5.92 Å². The van der Waals surface area contributed by atoms with Gasteiger partial charge in [0.1, 0.15) is 0 Å². The number of fused-ring (bicyclic) bond motifs is 1. The zero-order valence-corrected chi connectivity index (χ0v) is 14.7. The number of carbonyl (C=O) groups is 1. The van der Waals surface area contributed by atoms with Gasteiger partial charge in [-0.2, -0.15) is 0 Å². The molecule has 1 aliphatic carbocycles. The summed E-state index contributed by atoms with van der Waals surface area (Å²) in [4.78, 5) is 22.3. The number of pyridine rings is 1. The molecule has 2 atom stereocenters. The van der Waals surface area contributed by atoms with Gasteiger partial charge in [0.15, 0.2) is 0 Å². The third kappa shape index (κ3) is 2.69. The van der Waals surface area contributed by atoms with E-state index in [0.29, 0.717) is 17.9 Å². The Hall–Kier alpha value is -1.94. The molecule has 2 fully saturated rings. The summed E-state index contributed by atoms with van der Waals surface area (Å²) >= 11 is 0. The molecule has 1 saturated carbocycles. The van der Waals surface area contributed by atoms with Gasteiger partial charge in [-0.15, -0.1) is 0 Å². The van der Waals surface area contributed by atoms with Crippen LogP contribution in [0.3, 0.4) is 0 Å². The number of aromatic nitrogens is 1. The van der Waals surface area contributed by atoms with Gasteiger partial charge >= 0.3 is 0 Å². The van der Waals surface area contributed by atoms with Gasteiger partial charge in [-0.1, -0.05) is 25.1 Å². The maximum atomic E-state index is 13.2. The van der Waals surface area contributed by atoms with E-state index in [9.17, 15) is 4.79 Å². The molecule has 1 aliphatic heterocycles. The summed E-state index contributed by atoms with van der Waals surface area (Å²) in [6, 6.07) is 10.5. The highest BCUT2D eigenvalue weighted by molar-refractivity contribution is 6.06. The Labute approximate surface area is 143 Å². The molecule has 0 N–H and O–H groups in total. The van der Waals surface area contributed by atoms with Crippen LogP contribution < -0.4 is 0 Å². The van der Waals surface area contributed by atoms with Crippen molar-refractivity contribution >= 4 is 16.8 Å². The summed E-state index contributed by atoms with van der Waals surface area (Å²) < 4.78 is 0. The zero-order valence-electron chi connectivity index (χ0n) is 14.7. The van der Waals surface area contributed by atoms with Crippen molar-refractivity contribution in [2.75, 3.05) is 27.2 Å². The molecule has 2 aliphatic rings. The molecule has 2 heterocycles. The summed E-state index contributed by atoms with van der Waals surface area (Å²) in [6.45, 7) is 3.87. The normalized spacial score (nSPS) is 24.1. The van der Waals surface area contributed by atoms with Crippen LogP contribution in [0.5, 0.6) is 0 Å². The van der Waals surface area contributed by atoms with Gasteiger partial charge in [-0.05, 0) is 45.0 Å². The van der Waals surface area contributed by atoms with E-state index in [1.54, 1.807) is 0 Å². The molecule has 0 radical (unpaired) electrons. The quantitative estimate of drug-likeness (QED) is 0.871. The molecular formula is C20H25N3O. The SMILES string of the molecule is CC1CN(C(=O)c2cc(C3CC3)nc3ccccc23)CC1N(C)C. The van der Waals surface area contributed by atoms with E-state index in [1.165, 1.54) is 12.8 Å². The monoisotopic (exact) mass is 323 g/mol. The largest absolute Gasteiger partial charge is 0.337 e. The van der Waals surface area contributed by atoms with Crippen molar-refractivity contribution in [1.29, 1.82) is 0 Å². The first-order valence-corrected chi connectivity index (χ1v) is 8.90. The van der Waals surface area contributed by atoms with Gasteiger partial charge in [0, 0.05) is 36.1 Å². The van der Waals surface area contributed by atoms with Crippen LogP contribution in [-0.2, 0) is 0 Å². The number of hydrogen-bond acceptors (Lipinski definition) is 3. The highest BCUT2D eigenvalue weighted by Crippen LogP contribution is 2.40. The Kier molecular flexibility index (Phi) is 3.80. The molecule has 4 rings (SSSR count). The lowest BCUT2D eigenvalue weighted by molar-refractivity contribution is 0.0783. The molecule has 1 amide bonds. The third-order valence-corrected chi connectivity index (χ3v) is 5.49. The predicted molar refractivity (Wildman–Crippen MR) is 96.3 cm³/mol. The lowest BCUT2D eigenvalue weighted by atomic mass is 10.0. The van der Waals surface area contributed by atoms with E-state index in [0.717, 1.165) is 35.2 Å². The standard InChI is InChI=1S/C20H25N3O/c1-13-11-23(12-19(13)22(2)3)20(24)16-10-18(14-8-9-14)21-17-7-5-4-6-15(16)17/h4-7,10,13-14,19H,8-9,11-12H2,1-3H3. The minimum Gasteiger partial charge on any atom is -0.337 e. The van der Waals surface area contributed by atoms with E-state index >= 15 is 0 Å². The highest BCUT2D eigenvalue weighted by atomic mass is 16.2. The maximum absolute atomic E-state index is 13.2. The fourth-order valence-corrected chi connectivity index (χ4v) is 3.92. The van der Waals surface area contributed by atoms with Crippen molar-refractivity contribution in [3.05, 3.63) is 41.6 Å². The Bertz CT molecular complexity index is 782. The second kappa shape index (κ2) is 5.85. The molecule has 24 heavy (non-hydrogen) atoms. The zero-order chi connectivity index (χ0) is 16.8. The molecule has 2 aromatic rings. The average Bonchev–Trinajstić information content (AvgIpc) is 3.35. The molecule has 4 heteroatoms. The van der Waals surface area contributed by atoms with Crippen LogP contribution in [0.1, 0.15) is 41.7 Å². The molecule has 1 aromatic heterocycles. The van der Waals surface area contributed by atoms with Gasteiger partial charge in [0.05, 0.1) is 11.1 Å². The number of likely N-dealkylation sites (tertiary alicyclic amines) is 1. The number of carbonyl (C=O) groups excluding carboxylic acids is 1. The van der Waals surface area contributed by atoms with Gasteiger partial charge in [-0.25, -0.2) is 0 Å². The van der Waals surface area contributed by atoms with E-state index in [2.05, 4.69) is 32.0 Å². The third-order valence-electron chi connectivity index (χ3n) is 5.49. The van der Waals surface area contributed by atoms with Crippen LogP contribution in [0.2, 0.25) is 0 Å². The summed E-state index contributed by atoms with van der Waals surface area (Å²) in [5.41, 5.74) is 2.87. The van der Waals surface area contributed by atoms with Crippen LogP contribution in [0, 0.1) is 5.92 Å². The second-order valence-electron chi connectivity index (χ2n) is 7.60. The Morgan fingerprint density at radius 3 is 2.62 bits per heavy atom. The van der Waals surface area contributed by atoms with Gasteiger partial charge in [-0.3, -0.25) is 9.78 Å². The molecule has 2 unspecified atom stereocenters. The Morgan fingerprint density at radius 1 is 1.21 bits per heavy atom. The van der Waals surface area contributed by atoms with Crippen molar-refractivity contribution in [3.63, 3.8) is 0 Å². The van der Waals surface area contributed by atoms with Crippen LogP contribution in [0.4, 0.5) is 0 Å². The summed E-state index contributed by atoms with van der Waals surface area (Å²) in [7, 11) is 4.20. The average molecular weight is 323 g/mol. The number of para-hydroxylation sites is 1. The molecule has 0 spiro atoms. The number of hydrogen-bond donors (Lipinski definition) is 0. The Balaban J connectivity index is 1.71. The molecule has 0 bridgehead atoms. The van der Waals surface area contributed by atoms with E-state index < -0.39 is 0 Å². The lowest BCUT2D eigenvalue weighted by Gasteiger charge is -2.22. The second-order valence-corrected chi connectivity index (χ2v) is 7.60. The topological polar surface area (TPSA) is 36.4 Å². The first kappa shape index (κ1) is 15.6. The first-order chi connectivity index (χ1) is 11.5. The Morgan fingerprint density at radius 2 is 1.96 bits per heavy atom. The van der Waals surface area contributed by atoms with Crippen LogP contribution >= 0.6 is 0 Å². The van der Waals surface area contributed by atoms with Crippen molar-refractivity contribution < 1.29 is 4.79 Å². The highest BCUT2D eigenvalue weighted by Gasteiger charge is 2.35. The molecule has 126 valence electrons. The molecule has 1 saturated heterocycles. The van der Waals surface area contributed by atoms with E-state index in [-0.39, 0.29) is 5.91 Å². The van der Waals surface area contributed by atoms with Crippen molar-refractivity contribution in [1.82, 2.24) is 14.8 Å². The fourth-order valence-electron chi connectivity index (χ4n) is 3.92. The summed E-state index contributed by atoms with van der Waals surface area (Å²) in [6.07, 6.45) is 2.39. The number of benzene rings is 1. The van der Waals surface area contributed by atoms with Gasteiger partial charge in [0.2, 0.25) is 0 Å². The minimum atomic E-state index is 0.159. The maximum Gasteiger partial charge on any atom is 0.254 e. The first-order valence-electron chi connectivity index (χ1n) is 8.90. The fraction of sp³-hybridized carbons (Fsp3) is 0.500. The molecular weight excluding hydrogens is 298 g/mol.